The molecule has 21 heavy (non-hydrogen) atoms. The number of carboxylic acid groups (broad SMARTS) is 1. The quantitative estimate of drug-likeness (QED) is 0.595. The summed E-state index contributed by atoms with van der Waals surface area (Å²) in [5.41, 5.74) is 0. The average Bonchev–Trinajstić information content (AvgIpc) is 2.90. The fourth-order valence-corrected chi connectivity index (χ4v) is 2.98. The number of hydrogen-bond acceptors (Lipinski definition) is 3. The lowest BCUT2D eigenvalue weighted by Crippen LogP contribution is -2.41. The number of unbranched alkanes of at least 4 members (excludes halogenated alkanes) is 2. The van der Waals surface area contributed by atoms with E-state index in [9.17, 15) is 9.90 Å². The van der Waals surface area contributed by atoms with Crippen molar-refractivity contribution in [3.8, 4) is 0 Å². The highest BCUT2D eigenvalue weighted by atomic mass is 16.4. The van der Waals surface area contributed by atoms with Gasteiger partial charge in [-0.3, -0.25) is 9.69 Å². The number of carboxylic acids is 1. The third kappa shape index (κ3) is 6.18. The van der Waals surface area contributed by atoms with Gasteiger partial charge in [0.25, 0.3) is 0 Å². The summed E-state index contributed by atoms with van der Waals surface area (Å²) in [6.45, 7) is 13.2. The van der Waals surface area contributed by atoms with Crippen LogP contribution in [0.1, 0.15) is 46.0 Å². The molecule has 4 heteroatoms. The Morgan fingerprint density at radius 1 is 1.29 bits per heavy atom. The van der Waals surface area contributed by atoms with Gasteiger partial charge in [-0.25, -0.2) is 0 Å². The number of likely N-dealkylation sites (tertiary alicyclic amines) is 1. The number of nitrogens with zero attached hydrogens (tertiary/aromatic N) is 2. The molecule has 0 amide bonds. The van der Waals surface area contributed by atoms with Crippen LogP contribution >= 0.6 is 0 Å². The smallest absolute Gasteiger partial charge is 0.320 e. The van der Waals surface area contributed by atoms with Gasteiger partial charge in [-0.15, -0.1) is 6.58 Å². The Morgan fingerprint density at radius 2 is 1.90 bits per heavy atom. The highest BCUT2D eigenvalue weighted by Crippen LogP contribution is 2.24. The van der Waals surface area contributed by atoms with E-state index in [-0.39, 0.29) is 6.04 Å². The summed E-state index contributed by atoms with van der Waals surface area (Å²) in [4.78, 5) is 16.0. The van der Waals surface area contributed by atoms with E-state index in [4.69, 9.17) is 0 Å². The van der Waals surface area contributed by atoms with Crippen molar-refractivity contribution < 1.29 is 9.90 Å². The molecule has 0 unspecified atom stereocenters. The van der Waals surface area contributed by atoms with Crippen LogP contribution in [0.5, 0.6) is 0 Å². The van der Waals surface area contributed by atoms with Crippen molar-refractivity contribution in [2.24, 2.45) is 5.92 Å². The summed E-state index contributed by atoms with van der Waals surface area (Å²) in [6, 6.07) is -0.327. The van der Waals surface area contributed by atoms with Crippen molar-refractivity contribution in [2.75, 3.05) is 32.7 Å². The lowest BCUT2D eigenvalue weighted by Gasteiger charge is -2.27. The molecule has 1 heterocycles. The van der Waals surface area contributed by atoms with Gasteiger partial charge in [0.15, 0.2) is 0 Å². The molecule has 0 spiro atoms. The lowest BCUT2D eigenvalue weighted by atomic mass is 10.1. The normalized spacial score (nSPS) is 22.8. The van der Waals surface area contributed by atoms with Crippen LogP contribution in [0.3, 0.4) is 0 Å². The highest BCUT2D eigenvalue weighted by molar-refractivity contribution is 5.74. The molecule has 1 fully saturated rings. The zero-order valence-electron chi connectivity index (χ0n) is 13.8. The first-order chi connectivity index (χ1) is 10.1. The summed E-state index contributed by atoms with van der Waals surface area (Å²) >= 11 is 0. The summed E-state index contributed by atoms with van der Waals surface area (Å²) in [5.74, 6) is -0.362. The van der Waals surface area contributed by atoms with Crippen LogP contribution in [0, 0.1) is 5.92 Å². The van der Waals surface area contributed by atoms with Gasteiger partial charge in [-0.1, -0.05) is 32.8 Å². The lowest BCUT2D eigenvalue weighted by molar-refractivity contribution is -0.142. The molecule has 1 rings (SSSR count). The van der Waals surface area contributed by atoms with Crippen molar-refractivity contribution in [1.29, 1.82) is 0 Å². The first kappa shape index (κ1) is 18.2. The molecule has 4 nitrogen and oxygen atoms in total. The molecule has 1 N–H and O–H groups in total. The minimum atomic E-state index is -0.687. The first-order valence-corrected chi connectivity index (χ1v) is 8.44. The molecule has 0 aliphatic carbocycles. The summed E-state index contributed by atoms with van der Waals surface area (Å²) < 4.78 is 0. The van der Waals surface area contributed by atoms with Crippen molar-refractivity contribution in [3.63, 3.8) is 0 Å². The van der Waals surface area contributed by atoms with Crippen molar-refractivity contribution >= 4 is 5.97 Å². The van der Waals surface area contributed by atoms with E-state index in [1.807, 2.05) is 6.08 Å². The first-order valence-electron chi connectivity index (χ1n) is 8.44. The third-order valence-corrected chi connectivity index (χ3v) is 4.41. The molecule has 0 aromatic carbocycles. The molecule has 122 valence electrons. The minimum Gasteiger partial charge on any atom is -0.480 e. The largest absolute Gasteiger partial charge is 0.480 e. The second kappa shape index (κ2) is 9.96. The van der Waals surface area contributed by atoms with E-state index in [0.29, 0.717) is 12.3 Å². The predicted molar refractivity (Wildman–Crippen MR) is 87.6 cm³/mol. The van der Waals surface area contributed by atoms with E-state index < -0.39 is 5.97 Å². The van der Waals surface area contributed by atoms with Crippen LogP contribution < -0.4 is 0 Å². The standard InChI is InChI=1S/C17H32N2O2/c1-4-7-9-18(10-8-5-2)11-12-19-14-15(6-3)13-16(19)17(20)21/h6,15-16H,3-5,7-14H2,1-2H3,(H,20,21)/t15-,16-/m1/s1. The monoisotopic (exact) mass is 296 g/mol. The van der Waals surface area contributed by atoms with Gasteiger partial charge in [-0.2, -0.15) is 0 Å². The van der Waals surface area contributed by atoms with E-state index in [1.54, 1.807) is 0 Å². The van der Waals surface area contributed by atoms with Gasteiger partial charge in [0.05, 0.1) is 0 Å². The van der Waals surface area contributed by atoms with E-state index in [2.05, 4.69) is 30.2 Å². The molecule has 0 radical (unpaired) electrons. The number of aliphatic carboxylic acids is 1. The van der Waals surface area contributed by atoms with Gasteiger partial charge in [-0.05, 0) is 38.3 Å². The molecular formula is C17H32N2O2. The molecule has 0 bridgehead atoms. The van der Waals surface area contributed by atoms with Gasteiger partial charge in [0.2, 0.25) is 0 Å². The number of hydrogen-bond donors (Lipinski definition) is 1. The molecule has 2 atom stereocenters. The summed E-state index contributed by atoms with van der Waals surface area (Å²) in [7, 11) is 0. The average molecular weight is 296 g/mol. The molecule has 1 saturated heterocycles. The van der Waals surface area contributed by atoms with E-state index in [0.717, 1.165) is 32.7 Å². The third-order valence-electron chi connectivity index (χ3n) is 4.41. The van der Waals surface area contributed by atoms with Gasteiger partial charge < -0.3 is 10.0 Å². The molecule has 0 aromatic heterocycles. The zero-order valence-corrected chi connectivity index (χ0v) is 13.8. The van der Waals surface area contributed by atoms with E-state index >= 15 is 0 Å². The Kier molecular flexibility index (Phi) is 8.62. The maximum Gasteiger partial charge on any atom is 0.320 e. The fourth-order valence-electron chi connectivity index (χ4n) is 2.98. The van der Waals surface area contributed by atoms with Crippen molar-refractivity contribution in [1.82, 2.24) is 9.80 Å². The van der Waals surface area contributed by atoms with E-state index in [1.165, 1.54) is 25.7 Å². The maximum absolute atomic E-state index is 11.4. The predicted octanol–water partition coefficient (Wildman–Crippen LogP) is 2.85. The van der Waals surface area contributed by atoms with Crippen LogP contribution in [-0.2, 0) is 4.79 Å². The maximum atomic E-state index is 11.4. The van der Waals surface area contributed by atoms with Gasteiger partial charge in [0, 0.05) is 19.6 Å². The molecule has 1 aliphatic heterocycles. The van der Waals surface area contributed by atoms with Crippen molar-refractivity contribution in [3.05, 3.63) is 12.7 Å². The SMILES string of the molecule is C=C[C@@H]1C[C@H](C(=O)O)N(CCN(CCCC)CCCC)C1. The number of rotatable bonds is 11. The summed E-state index contributed by atoms with van der Waals surface area (Å²) in [5, 5.41) is 9.36. The van der Waals surface area contributed by atoms with Crippen LogP contribution in [0.2, 0.25) is 0 Å². The minimum absolute atomic E-state index is 0.325. The van der Waals surface area contributed by atoms with Gasteiger partial charge >= 0.3 is 5.97 Å². The zero-order chi connectivity index (χ0) is 15.7. The Morgan fingerprint density at radius 3 is 2.38 bits per heavy atom. The molecule has 1 aliphatic rings. The second-order valence-electron chi connectivity index (χ2n) is 6.13. The highest BCUT2D eigenvalue weighted by Gasteiger charge is 2.35. The fraction of sp³-hybridized carbons (Fsp3) is 0.824. The Balaban J connectivity index is 2.47. The Hall–Kier alpha value is -0.870. The van der Waals surface area contributed by atoms with Crippen LogP contribution in [-0.4, -0.2) is 59.6 Å². The van der Waals surface area contributed by atoms with Gasteiger partial charge in [0.1, 0.15) is 6.04 Å². The van der Waals surface area contributed by atoms with Crippen LogP contribution in [0.4, 0.5) is 0 Å². The molecular weight excluding hydrogens is 264 g/mol. The van der Waals surface area contributed by atoms with Crippen LogP contribution in [0.25, 0.3) is 0 Å². The Labute approximate surface area is 129 Å². The van der Waals surface area contributed by atoms with Crippen LogP contribution in [0.15, 0.2) is 12.7 Å². The van der Waals surface area contributed by atoms with Crippen molar-refractivity contribution in [2.45, 2.75) is 52.0 Å². The second-order valence-corrected chi connectivity index (χ2v) is 6.13. The topological polar surface area (TPSA) is 43.8 Å². The number of carbonyl (C=O) groups is 1. The Bertz CT molecular complexity index is 312. The molecule has 0 aromatic rings. The molecule has 0 saturated carbocycles. The summed E-state index contributed by atoms with van der Waals surface area (Å²) in [6.07, 6.45) is 7.48.